The van der Waals surface area contributed by atoms with Gasteiger partial charge in [-0.15, -0.1) is 11.3 Å². The highest BCUT2D eigenvalue weighted by Gasteiger charge is 2.27. The van der Waals surface area contributed by atoms with Crippen LogP contribution in [0.1, 0.15) is 17.7 Å². The third-order valence-corrected chi connectivity index (χ3v) is 13.4. The summed E-state index contributed by atoms with van der Waals surface area (Å²) in [5, 5.41) is 8.01. The van der Waals surface area contributed by atoms with Crippen LogP contribution >= 0.6 is 11.3 Å². The van der Waals surface area contributed by atoms with Crippen LogP contribution in [0.5, 0.6) is 0 Å². The summed E-state index contributed by atoms with van der Waals surface area (Å²) < 4.78 is 18.9. The minimum Gasteiger partial charge on any atom is -0.456 e. The smallest absolute Gasteiger partial charge is 0.160 e. The van der Waals surface area contributed by atoms with Gasteiger partial charge in [-0.1, -0.05) is 121 Å². The van der Waals surface area contributed by atoms with Gasteiger partial charge in [0.15, 0.2) is 5.58 Å². The fourth-order valence-electron chi connectivity index (χ4n) is 9.65. The predicted molar refractivity (Wildman–Crippen MR) is 248 cm³/mol. The van der Waals surface area contributed by atoms with E-state index in [0.29, 0.717) is 0 Å². The summed E-state index contributed by atoms with van der Waals surface area (Å²) in [4.78, 5) is 2.42. The number of furan rings is 2. The summed E-state index contributed by atoms with van der Waals surface area (Å²) in [5.41, 5.74) is 13.8. The lowest BCUT2D eigenvalue weighted by Gasteiger charge is -2.26. The molecule has 0 saturated heterocycles. The Morgan fingerprint density at radius 2 is 1.27 bits per heavy atom. The molecule has 0 saturated carbocycles. The molecular formula is C54H34N2O2S. The number of rotatable bonds is 5. The maximum absolute atomic E-state index is 7.11. The van der Waals surface area contributed by atoms with Crippen LogP contribution in [0.3, 0.4) is 0 Å². The standard InChI is InChI=1S/C54H34N2O2S/c1-2-14-33(15-3-1)34-16-12-17-35(30-34)55(46-25-13-22-40-39-20-7-11-27-50(39)59-54(40)46)36-28-29-48-42(31-36)43-32-49-51(41-21-6-10-26-47(41)57-49)52(53(43)58-48)56-44-23-8-4-18-37(44)38-19-5-9-24-45(38)56/h1-8,10-23,25-32H,9,24H2. The number of para-hydroxylation sites is 2. The lowest BCUT2D eigenvalue weighted by atomic mass is 10.0. The number of nitrogens with zero attached hydrogens (tertiary/aromatic N) is 2. The van der Waals surface area contributed by atoms with Crippen molar-refractivity contribution in [3.63, 3.8) is 0 Å². The van der Waals surface area contributed by atoms with Crippen LogP contribution in [0.25, 0.3) is 97.8 Å². The van der Waals surface area contributed by atoms with Crippen LogP contribution in [-0.4, -0.2) is 4.57 Å². The van der Waals surface area contributed by atoms with Crippen molar-refractivity contribution in [2.45, 2.75) is 12.8 Å². The first-order valence-electron chi connectivity index (χ1n) is 20.2. The highest BCUT2D eigenvalue weighted by atomic mass is 32.1. The number of hydrogen-bond donors (Lipinski definition) is 0. The zero-order valence-electron chi connectivity index (χ0n) is 31.9. The number of anilines is 3. The fourth-order valence-corrected chi connectivity index (χ4v) is 10.9. The molecular weight excluding hydrogens is 741 g/mol. The van der Waals surface area contributed by atoms with E-state index < -0.39 is 0 Å². The average molecular weight is 775 g/mol. The van der Waals surface area contributed by atoms with Crippen molar-refractivity contribution < 1.29 is 8.83 Å². The van der Waals surface area contributed by atoms with E-state index in [1.54, 1.807) is 0 Å². The number of thiophene rings is 1. The molecule has 0 bridgehead atoms. The Kier molecular flexibility index (Phi) is 6.97. The van der Waals surface area contributed by atoms with Crippen LogP contribution in [-0.2, 0) is 6.42 Å². The molecule has 59 heavy (non-hydrogen) atoms. The lowest BCUT2D eigenvalue weighted by Crippen LogP contribution is -2.10. The molecule has 12 aromatic rings. The Morgan fingerprint density at radius 3 is 2.20 bits per heavy atom. The first kappa shape index (κ1) is 32.7. The van der Waals surface area contributed by atoms with E-state index in [1.165, 1.54) is 53.5 Å². The maximum atomic E-state index is 7.11. The van der Waals surface area contributed by atoms with Gasteiger partial charge in [-0.2, -0.15) is 0 Å². The highest BCUT2D eigenvalue weighted by Crippen LogP contribution is 2.49. The summed E-state index contributed by atoms with van der Waals surface area (Å²) in [6.07, 6.45) is 6.53. The molecule has 0 aliphatic heterocycles. The third-order valence-electron chi connectivity index (χ3n) is 12.2. The summed E-state index contributed by atoms with van der Waals surface area (Å²) in [6, 6.07) is 61.0. The van der Waals surface area contributed by atoms with Gasteiger partial charge in [-0.05, 0) is 84.6 Å². The largest absolute Gasteiger partial charge is 0.456 e. The molecule has 5 heteroatoms. The van der Waals surface area contributed by atoms with Crippen LogP contribution in [0.4, 0.5) is 17.1 Å². The molecule has 0 amide bonds. The lowest BCUT2D eigenvalue weighted by molar-refractivity contribution is 0.661. The van der Waals surface area contributed by atoms with E-state index >= 15 is 0 Å². The molecule has 1 aliphatic rings. The van der Waals surface area contributed by atoms with Gasteiger partial charge in [-0.25, -0.2) is 0 Å². The molecule has 8 aromatic carbocycles. The normalized spacial score (nSPS) is 12.9. The molecule has 4 heterocycles. The van der Waals surface area contributed by atoms with Crippen LogP contribution in [0, 0.1) is 0 Å². The average Bonchev–Trinajstić information content (AvgIpc) is 4.06. The van der Waals surface area contributed by atoms with Crippen LogP contribution in [0.15, 0.2) is 185 Å². The summed E-state index contributed by atoms with van der Waals surface area (Å²) in [7, 11) is 0. The van der Waals surface area contributed by atoms with E-state index in [-0.39, 0.29) is 0 Å². The topological polar surface area (TPSA) is 34.5 Å². The molecule has 0 fully saturated rings. The van der Waals surface area contributed by atoms with Gasteiger partial charge in [0.25, 0.3) is 0 Å². The summed E-state index contributed by atoms with van der Waals surface area (Å²) >= 11 is 1.85. The molecule has 13 rings (SSSR count). The fraction of sp³-hybridized carbons (Fsp3) is 0.0370. The molecule has 4 aromatic heterocycles. The molecule has 0 N–H and O–H groups in total. The third kappa shape index (κ3) is 4.83. The van der Waals surface area contributed by atoms with E-state index in [2.05, 4.69) is 185 Å². The molecule has 1 aliphatic carbocycles. The van der Waals surface area contributed by atoms with E-state index in [1.807, 2.05) is 17.4 Å². The number of hydrogen-bond acceptors (Lipinski definition) is 4. The second kappa shape index (κ2) is 12.6. The highest BCUT2D eigenvalue weighted by molar-refractivity contribution is 7.26. The van der Waals surface area contributed by atoms with Crippen molar-refractivity contribution in [2.75, 3.05) is 4.90 Å². The van der Waals surface area contributed by atoms with Gasteiger partial charge in [-0.3, -0.25) is 0 Å². The Morgan fingerprint density at radius 1 is 0.525 bits per heavy atom. The van der Waals surface area contributed by atoms with Gasteiger partial charge in [0, 0.05) is 59.6 Å². The second-order valence-electron chi connectivity index (χ2n) is 15.5. The van der Waals surface area contributed by atoms with Gasteiger partial charge in [0.2, 0.25) is 0 Å². The Labute approximate surface area is 343 Å². The number of allylic oxidation sites excluding steroid dienone is 1. The zero-order valence-corrected chi connectivity index (χ0v) is 32.7. The minimum atomic E-state index is 0.838. The SMILES string of the molecule is C1=Cc2c(n(-c3c4oc5ccc(N(c6cccc(-c7ccccc7)c6)c6cccc7c6sc6ccccc67)cc5c4cc4oc5ccccc5c34)c3ccccc23)CC1. The minimum absolute atomic E-state index is 0.838. The van der Waals surface area contributed by atoms with Gasteiger partial charge in [0.1, 0.15) is 22.4 Å². The van der Waals surface area contributed by atoms with Crippen molar-refractivity contribution in [3.8, 4) is 16.8 Å². The first-order chi connectivity index (χ1) is 29.3. The molecule has 0 unspecified atom stereocenters. The number of fused-ring (bicyclic) bond motifs is 12. The monoisotopic (exact) mass is 774 g/mol. The molecule has 0 spiro atoms. The van der Waals surface area contributed by atoms with E-state index in [0.717, 1.165) is 79.5 Å². The van der Waals surface area contributed by atoms with Crippen molar-refractivity contribution in [2.24, 2.45) is 0 Å². The van der Waals surface area contributed by atoms with E-state index in [4.69, 9.17) is 8.83 Å². The molecule has 0 atom stereocenters. The maximum Gasteiger partial charge on any atom is 0.160 e. The summed E-state index contributed by atoms with van der Waals surface area (Å²) in [6.45, 7) is 0. The van der Waals surface area contributed by atoms with Crippen LogP contribution < -0.4 is 4.90 Å². The van der Waals surface area contributed by atoms with Crippen LogP contribution in [0.2, 0.25) is 0 Å². The first-order valence-corrected chi connectivity index (χ1v) is 21.0. The Balaban J connectivity index is 1.11. The Bertz CT molecular complexity index is 3690. The number of benzene rings is 8. The summed E-state index contributed by atoms with van der Waals surface area (Å²) in [5.74, 6) is 0. The van der Waals surface area contributed by atoms with E-state index in [9.17, 15) is 0 Å². The quantitative estimate of drug-likeness (QED) is 0.175. The van der Waals surface area contributed by atoms with Crippen molar-refractivity contribution in [1.29, 1.82) is 0 Å². The second-order valence-corrected chi connectivity index (χ2v) is 16.6. The predicted octanol–water partition coefficient (Wildman–Crippen LogP) is 15.9. The van der Waals surface area contributed by atoms with Crippen molar-refractivity contribution in [3.05, 3.63) is 187 Å². The molecule has 278 valence electrons. The van der Waals surface area contributed by atoms with Crippen molar-refractivity contribution in [1.82, 2.24) is 4.57 Å². The molecule has 4 nitrogen and oxygen atoms in total. The van der Waals surface area contributed by atoms with Gasteiger partial charge in [0.05, 0.1) is 21.3 Å². The van der Waals surface area contributed by atoms with Gasteiger partial charge < -0.3 is 18.3 Å². The molecule has 0 radical (unpaired) electrons. The number of aromatic nitrogens is 1. The van der Waals surface area contributed by atoms with Crippen molar-refractivity contribution >= 4 is 109 Å². The zero-order chi connectivity index (χ0) is 38.6. The Hall–Kier alpha value is -7.34. The van der Waals surface area contributed by atoms with Gasteiger partial charge >= 0.3 is 0 Å².